The Morgan fingerprint density at radius 3 is 1.62 bits per heavy atom. The number of hydrogen-bond acceptors (Lipinski definition) is 4. The Balaban J connectivity index is -0.0000000183. The first kappa shape index (κ1) is 23.4. The number of nitrogens with two attached hydrogens (primary N) is 1. The van der Waals surface area contributed by atoms with Gasteiger partial charge in [-0.1, -0.05) is 0 Å². The van der Waals surface area contributed by atoms with Gasteiger partial charge in [0.25, 0.3) is 0 Å². The zero-order chi connectivity index (χ0) is 5.58. The van der Waals surface area contributed by atoms with Gasteiger partial charge in [-0.2, -0.15) is 0 Å². The van der Waals surface area contributed by atoms with Gasteiger partial charge in [0.15, 0.2) is 0 Å². The van der Waals surface area contributed by atoms with Crippen molar-refractivity contribution in [3.63, 3.8) is 0 Å². The van der Waals surface area contributed by atoms with Gasteiger partial charge in [-0.3, -0.25) is 0 Å². The van der Waals surface area contributed by atoms with Crippen LogP contribution in [0.15, 0.2) is 0 Å². The van der Waals surface area contributed by atoms with Crippen LogP contribution in [-0.4, -0.2) is 11.2 Å². The molecule has 8 heavy (non-hydrogen) atoms. The molecule has 0 aromatic rings. The van der Waals surface area contributed by atoms with E-state index in [4.69, 9.17) is 15.1 Å². The van der Waals surface area contributed by atoms with E-state index in [9.17, 15) is 0 Å². The predicted molar refractivity (Wildman–Crippen MR) is 23.9 cm³/mol. The summed E-state index contributed by atoms with van der Waals surface area (Å²) in [4.78, 5) is 8.89. The number of carbonyl (C=O) groups excluding carboxylic acids is 1. The van der Waals surface area contributed by atoms with Crippen molar-refractivity contribution in [2.24, 2.45) is 5.90 Å². The molecule has 0 amide bonds. The van der Waals surface area contributed by atoms with Gasteiger partial charge in [0, 0.05) is 5.97 Å². The minimum absolute atomic E-state index is 0. The third-order valence-corrected chi connectivity index (χ3v) is 0. The van der Waals surface area contributed by atoms with Gasteiger partial charge in [0.05, 0.1) is 0 Å². The molecule has 0 bridgehead atoms. The zero-order valence-electron chi connectivity index (χ0n) is 4.75. The maximum atomic E-state index is 8.89. The molecule has 0 saturated carbocycles. The van der Waals surface area contributed by atoms with Crippen LogP contribution in [0.3, 0.4) is 0 Å². The molecule has 0 saturated heterocycles. The van der Waals surface area contributed by atoms with Crippen LogP contribution in [-0.2, 0) is 4.79 Å². The average molecular weight is 152 g/mol. The van der Waals surface area contributed by atoms with Crippen LogP contribution in [0, 0.1) is 0 Å². The molecule has 0 aliphatic carbocycles. The Morgan fingerprint density at radius 2 is 1.62 bits per heavy atom. The molecule has 0 aliphatic heterocycles. The second-order valence-corrected chi connectivity index (χ2v) is 0.492. The molecule has 0 aromatic carbocycles. The number of hydrogen-bond donors (Lipinski definition) is 2. The number of carbonyl (C=O) groups is 1. The van der Waals surface area contributed by atoms with Gasteiger partial charge in [0.2, 0.25) is 0 Å². The fraction of sp³-hybridized carbons (Fsp3) is 0.500. The van der Waals surface area contributed by atoms with Crippen molar-refractivity contribution in [1.29, 1.82) is 0 Å². The van der Waals surface area contributed by atoms with Crippen molar-refractivity contribution >= 4 is 18.4 Å². The van der Waals surface area contributed by atoms with E-state index < -0.39 is 5.97 Å². The van der Waals surface area contributed by atoms with E-state index in [2.05, 4.69) is 5.90 Å². The summed E-state index contributed by atoms with van der Waals surface area (Å²) in [6.45, 7) is 0.972. The summed E-state index contributed by atoms with van der Waals surface area (Å²) in [6, 6.07) is 0. The summed E-state index contributed by atoms with van der Waals surface area (Å²) >= 11 is 0. The summed E-state index contributed by atoms with van der Waals surface area (Å²) in [7, 11) is 0. The molecule has 3 N–H and O–H groups in total. The van der Waals surface area contributed by atoms with Gasteiger partial charge in [0.1, 0.15) is 0 Å². The second-order valence-electron chi connectivity index (χ2n) is 0.492. The summed E-state index contributed by atoms with van der Waals surface area (Å²) in [5, 5.41) is 15.4. The summed E-state index contributed by atoms with van der Waals surface area (Å²) in [5.41, 5.74) is 0. The minimum Gasteiger partial charge on any atom is -0.550 e. The normalized spacial score (nSPS) is 3.88. The predicted octanol–water partition coefficient (Wildman–Crippen LogP) is -4.48. The average Bonchev–Trinajstić information content (AvgIpc) is 1.41. The fourth-order valence-corrected chi connectivity index (χ4v) is 0. The number of carboxylic acids is 1. The van der Waals surface area contributed by atoms with Crippen molar-refractivity contribution in [1.82, 2.24) is 0 Å². The maximum Gasteiger partial charge on any atom is 1.00 e. The number of aliphatic carboxylic acids is 1. The Kier molecular flexibility index (Phi) is 73.9. The van der Waals surface area contributed by atoms with Crippen LogP contribution in [0.25, 0.3) is 0 Å². The van der Waals surface area contributed by atoms with Crippen molar-refractivity contribution < 1.29 is 44.7 Å². The topological polar surface area (TPSA) is 86.4 Å². The molecule has 46 valence electrons. The van der Waals surface area contributed by atoms with E-state index in [-0.39, 0.29) is 42.0 Å². The van der Waals surface area contributed by atoms with Crippen LogP contribution < -0.4 is 40.6 Å². The molecule has 4 nitrogen and oxygen atoms in total. The molecule has 0 rings (SSSR count). The van der Waals surface area contributed by atoms with Gasteiger partial charge in [-0.25, -0.2) is 5.90 Å². The molecule has 0 fully saturated rings. The van der Waals surface area contributed by atoms with Crippen molar-refractivity contribution in [3.05, 3.63) is 0 Å². The number of rotatable bonds is 0. The van der Waals surface area contributed by atoms with Gasteiger partial charge in [-0.15, -0.1) is 12.4 Å². The Hall–Kier alpha value is 0.680. The van der Waals surface area contributed by atoms with E-state index in [0.717, 1.165) is 6.92 Å². The van der Waals surface area contributed by atoms with Crippen LogP contribution in [0.1, 0.15) is 6.92 Å². The fourth-order valence-electron chi connectivity index (χ4n) is 0. The monoisotopic (exact) mass is 151 g/mol. The largest absolute Gasteiger partial charge is 1.00 e. The Morgan fingerprint density at radius 1 is 1.62 bits per heavy atom. The van der Waals surface area contributed by atoms with E-state index >= 15 is 0 Å². The molecule has 6 heteroatoms. The number of halogens is 1. The van der Waals surface area contributed by atoms with Crippen LogP contribution in [0.5, 0.6) is 0 Å². The third-order valence-electron chi connectivity index (χ3n) is 0. The zero-order valence-corrected chi connectivity index (χ0v) is 7.57. The van der Waals surface area contributed by atoms with Gasteiger partial charge in [-0.05, 0) is 6.92 Å². The first-order valence-electron chi connectivity index (χ1n) is 1.17. The standard InChI is InChI=1S/C2H4O2.ClH.H3NO.Na/c1-2(3)4;;1-2;/h1H3,(H,3,4);1H;2H,1H2;/q;;;+1/p-1. The first-order valence-corrected chi connectivity index (χ1v) is 1.17. The van der Waals surface area contributed by atoms with Gasteiger partial charge < -0.3 is 15.1 Å². The summed E-state index contributed by atoms with van der Waals surface area (Å²) in [6.07, 6.45) is 0. The molecular formula is C2H7ClNNaO3. The summed E-state index contributed by atoms with van der Waals surface area (Å²) in [5.74, 6) is 2.42. The third kappa shape index (κ3) is 466. The van der Waals surface area contributed by atoms with Gasteiger partial charge >= 0.3 is 29.6 Å². The molecule has 0 spiro atoms. The van der Waals surface area contributed by atoms with E-state index in [1.807, 2.05) is 0 Å². The van der Waals surface area contributed by atoms with Crippen LogP contribution >= 0.6 is 12.4 Å². The Labute approximate surface area is 75.7 Å². The van der Waals surface area contributed by atoms with E-state index in [0.29, 0.717) is 0 Å². The molecule has 0 aromatic heterocycles. The van der Waals surface area contributed by atoms with Crippen molar-refractivity contribution in [3.8, 4) is 0 Å². The van der Waals surface area contributed by atoms with Crippen LogP contribution in [0.4, 0.5) is 0 Å². The molecule has 0 atom stereocenters. The smallest absolute Gasteiger partial charge is 0.550 e. The second kappa shape index (κ2) is 25.3. The molecule has 0 aliphatic rings. The minimum atomic E-state index is -1.08. The first-order chi connectivity index (χ1) is 2.73. The van der Waals surface area contributed by atoms with Crippen molar-refractivity contribution in [2.75, 3.05) is 0 Å². The molecule has 0 unspecified atom stereocenters. The maximum absolute atomic E-state index is 8.89. The molecular weight excluding hydrogens is 144 g/mol. The summed E-state index contributed by atoms with van der Waals surface area (Å²) < 4.78 is 0. The molecule has 0 radical (unpaired) electrons. The van der Waals surface area contributed by atoms with Crippen LogP contribution in [0.2, 0.25) is 0 Å². The van der Waals surface area contributed by atoms with Crippen molar-refractivity contribution in [2.45, 2.75) is 6.92 Å². The SMILES string of the molecule is CC(=O)[O-].Cl.NO.[Na+]. The number of carboxylic acid groups (broad SMARTS) is 1. The quantitative estimate of drug-likeness (QED) is 0.270. The van der Waals surface area contributed by atoms with E-state index in [1.165, 1.54) is 0 Å². The Bertz CT molecular complexity index is 40.3. The molecule has 0 heterocycles. The van der Waals surface area contributed by atoms with E-state index in [1.54, 1.807) is 0 Å².